The van der Waals surface area contributed by atoms with E-state index in [2.05, 4.69) is 26.8 Å². The SMILES string of the molecule is CC#Cc1nc(Cl)c2ncn([C@@H]3SC[C@H]4OC(C)(C)O[C@@H]34)c2n1. The lowest BCUT2D eigenvalue weighted by atomic mass is 10.2. The van der Waals surface area contributed by atoms with Crippen LogP contribution in [0.2, 0.25) is 5.15 Å². The number of ether oxygens (including phenoxy) is 2. The van der Waals surface area contributed by atoms with Gasteiger partial charge in [-0.2, -0.15) is 0 Å². The summed E-state index contributed by atoms with van der Waals surface area (Å²) in [5, 5.41) is 0.357. The van der Waals surface area contributed by atoms with Gasteiger partial charge in [0.05, 0.1) is 12.4 Å². The van der Waals surface area contributed by atoms with Gasteiger partial charge in [-0.15, -0.1) is 11.8 Å². The van der Waals surface area contributed by atoms with E-state index in [4.69, 9.17) is 21.1 Å². The third-order valence-corrected chi connectivity index (χ3v) is 5.45. The summed E-state index contributed by atoms with van der Waals surface area (Å²) in [6, 6.07) is 0. The van der Waals surface area contributed by atoms with E-state index in [9.17, 15) is 0 Å². The number of imidazole rings is 1. The highest BCUT2D eigenvalue weighted by atomic mass is 35.5. The van der Waals surface area contributed by atoms with Crippen LogP contribution in [0.3, 0.4) is 0 Å². The summed E-state index contributed by atoms with van der Waals surface area (Å²) in [7, 11) is 0. The molecule has 0 N–H and O–H groups in total. The van der Waals surface area contributed by atoms with E-state index in [1.165, 1.54) is 0 Å². The van der Waals surface area contributed by atoms with Crippen molar-refractivity contribution in [1.82, 2.24) is 19.5 Å². The zero-order valence-corrected chi connectivity index (χ0v) is 14.5. The Balaban J connectivity index is 1.78. The van der Waals surface area contributed by atoms with Crippen LogP contribution in [-0.4, -0.2) is 43.3 Å². The first-order chi connectivity index (χ1) is 11.0. The van der Waals surface area contributed by atoms with E-state index in [1.54, 1.807) is 25.0 Å². The molecule has 8 heteroatoms. The first kappa shape index (κ1) is 15.2. The smallest absolute Gasteiger partial charge is 0.208 e. The second kappa shape index (κ2) is 5.35. The standard InChI is InChI=1S/C15H15ClN4O2S/c1-4-5-9-18-12(16)10-13(19-9)20(7-17-10)14-11-8(6-23-14)21-15(2,3)22-11/h7-8,11,14H,6H2,1-3H3/t8-,11-,14-/m1/s1. The lowest BCUT2D eigenvalue weighted by Crippen LogP contribution is -2.26. The summed E-state index contributed by atoms with van der Waals surface area (Å²) in [5.74, 6) is 6.35. The molecule has 2 fully saturated rings. The van der Waals surface area contributed by atoms with Gasteiger partial charge in [-0.1, -0.05) is 17.5 Å². The van der Waals surface area contributed by atoms with Gasteiger partial charge in [0.15, 0.2) is 16.6 Å². The molecule has 0 spiro atoms. The van der Waals surface area contributed by atoms with Gasteiger partial charge in [-0.05, 0) is 26.7 Å². The van der Waals surface area contributed by atoms with Crippen LogP contribution in [-0.2, 0) is 9.47 Å². The quantitative estimate of drug-likeness (QED) is 0.582. The maximum absolute atomic E-state index is 6.22. The molecule has 6 nitrogen and oxygen atoms in total. The van der Waals surface area contributed by atoms with Gasteiger partial charge in [-0.3, -0.25) is 4.57 Å². The Hall–Kier alpha value is -1.33. The Morgan fingerprint density at radius 2 is 2.22 bits per heavy atom. The summed E-state index contributed by atoms with van der Waals surface area (Å²) in [6.45, 7) is 5.61. The van der Waals surface area contributed by atoms with Gasteiger partial charge in [0, 0.05) is 5.75 Å². The van der Waals surface area contributed by atoms with E-state index in [0.717, 1.165) is 5.75 Å². The predicted octanol–water partition coefficient (Wildman–Crippen LogP) is 2.62. The molecule has 0 radical (unpaired) electrons. The maximum Gasteiger partial charge on any atom is 0.208 e. The number of aromatic nitrogens is 4. The number of fused-ring (bicyclic) bond motifs is 2. The summed E-state index contributed by atoms with van der Waals surface area (Å²) in [5.41, 5.74) is 1.25. The fourth-order valence-corrected chi connectivity index (χ4v) is 4.59. The highest BCUT2D eigenvalue weighted by Crippen LogP contribution is 2.47. The molecular weight excluding hydrogens is 336 g/mol. The number of hydrogen-bond acceptors (Lipinski definition) is 6. The number of hydrogen-bond donors (Lipinski definition) is 0. The molecule has 2 aromatic rings. The van der Waals surface area contributed by atoms with Gasteiger partial charge in [0.1, 0.15) is 17.0 Å². The van der Waals surface area contributed by atoms with Crippen LogP contribution in [0, 0.1) is 11.8 Å². The number of rotatable bonds is 1. The highest BCUT2D eigenvalue weighted by molar-refractivity contribution is 7.99. The highest BCUT2D eigenvalue weighted by Gasteiger charge is 2.50. The van der Waals surface area contributed by atoms with Crippen LogP contribution >= 0.6 is 23.4 Å². The monoisotopic (exact) mass is 350 g/mol. The predicted molar refractivity (Wildman–Crippen MR) is 88.2 cm³/mol. The van der Waals surface area contributed by atoms with Gasteiger partial charge < -0.3 is 9.47 Å². The molecule has 2 aromatic heterocycles. The molecule has 0 unspecified atom stereocenters. The fourth-order valence-electron chi connectivity index (χ4n) is 3.00. The topological polar surface area (TPSA) is 62.1 Å². The Morgan fingerprint density at radius 3 is 3.00 bits per heavy atom. The summed E-state index contributed by atoms with van der Waals surface area (Å²) < 4.78 is 14.0. The molecule has 23 heavy (non-hydrogen) atoms. The number of nitrogens with zero attached hydrogens (tertiary/aromatic N) is 4. The Labute approximate surface area is 142 Å². The van der Waals surface area contributed by atoms with Crippen LogP contribution < -0.4 is 0 Å². The third kappa shape index (κ3) is 2.50. The Kier molecular flexibility index (Phi) is 3.54. The van der Waals surface area contributed by atoms with Crippen molar-refractivity contribution in [3.63, 3.8) is 0 Å². The summed E-state index contributed by atoms with van der Waals surface area (Å²) in [4.78, 5) is 13.0. The maximum atomic E-state index is 6.22. The van der Waals surface area contributed by atoms with E-state index >= 15 is 0 Å². The molecule has 0 amide bonds. The minimum Gasteiger partial charge on any atom is -0.344 e. The Morgan fingerprint density at radius 1 is 1.39 bits per heavy atom. The number of halogens is 1. The first-order valence-electron chi connectivity index (χ1n) is 7.28. The van der Waals surface area contributed by atoms with Gasteiger partial charge in [-0.25, -0.2) is 15.0 Å². The van der Waals surface area contributed by atoms with Crippen molar-refractivity contribution in [2.45, 2.75) is 44.1 Å². The van der Waals surface area contributed by atoms with Crippen molar-refractivity contribution >= 4 is 34.5 Å². The second-order valence-corrected chi connectivity index (χ2v) is 7.41. The average Bonchev–Trinajstić information content (AvgIpc) is 3.11. The van der Waals surface area contributed by atoms with E-state index in [-0.39, 0.29) is 17.6 Å². The van der Waals surface area contributed by atoms with E-state index in [0.29, 0.717) is 22.1 Å². The zero-order valence-electron chi connectivity index (χ0n) is 12.9. The van der Waals surface area contributed by atoms with Crippen molar-refractivity contribution in [3.8, 4) is 11.8 Å². The molecule has 4 rings (SSSR count). The van der Waals surface area contributed by atoms with Gasteiger partial charge in [0.2, 0.25) is 5.82 Å². The summed E-state index contributed by atoms with van der Waals surface area (Å²) in [6.07, 6.45) is 1.77. The van der Waals surface area contributed by atoms with Crippen LogP contribution in [0.5, 0.6) is 0 Å². The molecule has 2 aliphatic heterocycles. The molecule has 0 aromatic carbocycles. The largest absolute Gasteiger partial charge is 0.344 e. The lowest BCUT2D eigenvalue weighted by Gasteiger charge is -2.22. The number of thioether (sulfide) groups is 1. The van der Waals surface area contributed by atoms with Crippen molar-refractivity contribution in [2.24, 2.45) is 0 Å². The molecule has 2 aliphatic rings. The fraction of sp³-hybridized carbons (Fsp3) is 0.533. The van der Waals surface area contributed by atoms with Gasteiger partial charge in [0.25, 0.3) is 0 Å². The zero-order chi connectivity index (χ0) is 16.2. The van der Waals surface area contributed by atoms with E-state index < -0.39 is 5.79 Å². The second-order valence-electron chi connectivity index (χ2n) is 5.90. The lowest BCUT2D eigenvalue weighted by molar-refractivity contribution is -0.146. The van der Waals surface area contributed by atoms with Gasteiger partial charge >= 0.3 is 0 Å². The molecular formula is C15H15ClN4O2S. The van der Waals surface area contributed by atoms with Crippen LogP contribution in [0.1, 0.15) is 32.0 Å². The first-order valence-corrected chi connectivity index (χ1v) is 8.71. The molecule has 2 saturated heterocycles. The average molecular weight is 351 g/mol. The van der Waals surface area contributed by atoms with Crippen molar-refractivity contribution in [1.29, 1.82) is 0 Å². The van der Waals surface area contributed by atoms with Crippen molar-refractivity contribution < 1.29 is 9.47 Å². The molecule has 4 heterocycles. The van der Waals surface area contributed by atoms with Crippen LogP contribution in [0.15, 0.2) is 6.33 Å². The molecule has 120 valence electrons. The summed E-state index contributed by atoms with van der Waals surface area (Å²) >= 11 is 7.98. The van der Waals surface area contributed by atoms with Crippen molar-refractivity contribution in [3.05, 3.63) is 17.3 Å². The molecule has 0 aliphatic carbocycles. The molecule has 3 atom stereocenters. The van der Waals surface area contributed by atoms with Crippen molar-refractivity contribution in [2.75, 3.05) is 5.75 Å². The van der Waals surface area contributed by atoms with E-state index in [1.807, 2.05) is 18.4 Å². The molecule has 0 bridgehead atoms. The van der Waals surface area contributed by atoms with Crippen LogP contribution in [0.25, 0.3) is 11.2 Å². The Bertz CT molecular complexity index is 841. The minimum absolute atomic E-state index is 0.0400. The third-order valence-electron chi connectivity index (χ3n) is 3.82. The van der Waals surface area contributed by atoms with Crippen LogP contribution in [0.4, 0.5) is 0 Å². The normalized spacial score (nSPS) is 28.6. The minimum atomic E-state index is -0.559. The molecule has 0 saturated carbocycles.